The van der Waals surface area contributed by atoms with Gasteiger partial charge < -0.3 is 0 Å². The van der Waals surface area contributed by atoms with E-state index in [4.69, 9.17) is 0 Å². The van der Waals surface area contributed by atoms with Gasteiger partial charge in [-0.2, -0.15) is 0 Å². The largest absolute Gasteiger partial charge is 0.295 e. The molecule has 0 aromatic carbocycles. The fourth-order valence-corrected chi connectivity index (χ4v) is 3.82. The van der Waals surface area contributed by atoms with Gasteiger partial charge in [0, 0.05) is 11.9 Å². The first kappa shape index (κ1) is 11.9. The van der Waals surface area contributed by atoms with Crippen LogP contribution >= 0.6 is 23.1 Å². The van der Waals surface area contributed by atoms with Crippen molar-refractivity contribution in [3.8, 4) is 0 Å². The first-order chi connectivity index (χ1) is 9.92. The Bertz CT molecular complexity index is 867. The molecule has 0 atom stereocenters. The monoisotopic (exact) mass is 298 g/mol. The van der Waals surface area contributed by atoms with E-state index in [1.807, 2.05) is 24.4 Å². The maximum atomic E-state index is 4.33. The van der Waals surface area contributed by atoms with E-state index >= 15 is 0 Å². The zero-order valence-electron chi connectivity index (χ0n) is 10.4. The van der Waals surface area contributed by atoms with Crippen LogP contribution in [0, 0.1) is 0 Å². The fraction of sp³-hybridized carbons (Fsp3) is 0.0714. The van der Waals surface area contributed by atoms with E-state index in [-0.39, 0.29) is 0 Å². The van der Waals surface area contributed by atoms with Crippen LogP contribution in [0.5, 0.6) is 0 Å². The summed E-state index contributed by atoms with van der Waals surface area (Å²) in [5, 5.41) is 11.4. The molecule has 4 heterocycles. The first-order valence-corrected chi connectivity index (χ1v) is 8.01. The van der Waals surface area contributed by atoms with Crippen molar-refractivity contribution >= 4 is 38.8 Å². The standard InChI is InChI=1S/C14H10N4S2/c1-2-5-15-10(3-1)8-20-14-12-7-13-11(4-6-19-13)18(12)9-16-17-14/h1-7,9H,8H2. The topological polar surface area (TPSA) is 43.1 Å². The highest BCUT2D eigenvalue weighted by Crippen LogP contribution is 2.30. The Morgan fingerprint density at radius 2 is 2.20 bits per heavy atom. The molecule has 0 spiro atoms. The Kier molecular flexibility index (Phi) is 2.90. The van der Waals surface area contributed by atoms with Gasteiger partial charge in [-0.1, -0.05) is 17.8 Å². The Labute approximate surface area is 123 Å². The summed E-state index contributed by atoms with van der Waals surface area (Å²) >= 11 is 3.41. The molecule has 0 fully saturated rings. The molecule has 4 rings (SSSR count). The lowest BCUT2D eigenvalue weighted by Gasteiger charge is -2.02. The predicted octanol–water partition coefficient (Wildman–Crippen LogP) is 3.63. The minimum Gasteiger partial charge on any atom is -0.295 e. The number of pyridine rings is 1. The van der Waals surface area contributed by atoms with Gasteiger partial charge >= 0.3 is 0 Å². The summed E-state index contributed by atoms with van der Waals surface area (Å²) in [7, 11) is 0. The van der Waals surface area contributed by atoms with E-state index in [2.05, 4.69) is 37.1 Å². The Morgan fingerprint density at radius 1 is 1.20 bits per heavy atom. The average Bonchev–Trinajstić information content (AvgIpc) is 3.07. The van der Waals surface area contributed by atoms with Gasteiger partial charge in [-0.05, 0) is 29.6 Å². The minimum atomic E-state index is 0.800. The molecule has 0 aliphatic carbocycles. The molecule has 0 radical (unpaired) electrons. The molecule has 20 heavy (non-hydrogen) atoms. The van der Waals surface area contributed by atoms with Crippen molar-refractivity contribution in [2.45, 2.75) is 10.8 Å². The van der Waals surface area contributed by atoms with Crippen LogP contribution in [-0.4, -0.2) is 19.6 Å². The van der Waals surface area contributed by atoms with E-state index in [0.717, 1.165) is 22.0 Å². The number of rotatable bonds is 3. The van der Waals surface area contributed by atoms with E-state index < -0.39 is 0 Å². The second-order valence-corrected chi connectivity index (χ2v) is 6.23. The quantitative estimate of drug-likeness (QED) is 0.542. The molecule has 0 aliphatic rings. The lowest BCUT2D eigenvalue weighted by Crippen LogP contribution is -1.94. The van der Waals surface area contributed by atoms with Crippen LogP contribution in [0.2, 0.25) is 0 Å². The van der Waals surface area contributed by atoms with Crippen molar-refractivity contribution < 1.29 is 0 Å². The number of thioether (sulfide) groups is 1. The lowest BCUT2D eigenvalue weighted by molar-refractivity contribution is 0.884. The molecule has 4 aromatic heterocycles. The van der Waals surface area contributed by atoms with Gasteiger partial charge in [-0.3, -0.25) is 9.38 Å². The molecule has 0 bridgehead atoms. The van der Waals surface area contributed by atoms with Gasteiger partial charge in [0.05, 0.1) is 21.4 Å². The number of thiophene rings is 1. The zero-order chi connectivity index (χ0) is 13.4. The summed E-state index contributed by atoms with van der Waals surface area (Å²) in [6, 6.07) is 10.2. The van der Waals surface area contributed by atoms with E-state index in [1.54, 1.807) is 29.4 Å². The van der Waals surface area contributed by atoms with Crippen LogP contribution in [0.25, 0.3) is 15.7 Å². The molecule has 6 heteroatoms. The number of hydrogen-bond donors (Lipinski definition) is 0. The zero-order valence-corrected chi connectivity index (χ0v) is 12.1. The van der Waals surface area contributed by atoms with Crippen molar-refractivity contribution in [3.63, 3.8) is 0 Å². The highest BCUT2D eigenvalue weighted by molar-refractivity contribution is 7.98. The maximum absolute atomic E-state index is 4.33. The molecule has 98 valence electrons. The summed E-state index contributed by atoms with van der Waals surface area (Å²) < 4.78 is 3.36. The van der Waals surface area contributed by atoms with Gasteiger partial charge in [-0.15, -0.1) is 21.5 Å². The van der Waals surface area contributed by atoms with Crippen molar-refractivity contribution in [2.75, 3.05) is 0 Å². The molecule has 0 unspecified atom stereocenters. The van der Waals surface area contributed by atoms with Crippen LogP contribution < -0.4 is 0 Å². The van der Waals surface area contributed by atoms with Crippen molar-refractivity contribution in [3.05, 3.63) is 53.9 Å². The van der Waals surface area contributed by atoms with Gasteiger partial charge in [0.25, 0.3) is 0 Å². The summed E-state index contributed by atoms with van der Waals surface area (Å²) in [5.74, 6) is 0.800. The fourth-order valence-electron chi connectivity index (χ4n) is 2.14. The van der Waals surface area contributed by atoms with E-state index in [1.165, 1.54) is 10.2 Å². The smallest absolute Gasteiger partial charge is 0.143 e. The molecule has 4 nitrogen and oxygen atoms in total. The molecular weight excluding hydrogens is 288 g/mol. The van der Waals surface area contributed by atoms with Gasteiger partial charge in [0.15, 0.2) is 0 Å². The van der Waals surface area contributed by atoms with Crippen LogP contribution in [0.4, 0.5) is 0 Å². The van der Waals surface area contributed by atoms with Crippen molar-refractivity contribution in [2.24, 2.45) is 0 Å². The predicted molar refractivity (Wildman–Crippen MR) is 82.2 cm³/mol. The highest BCUT2D eigenvalue weighted by atomic mass is 32.2. The van der Waals surface area contributed by atoms with E-state index in [0.29, 0.717) is 0 Å². The average molecular weight is 298 g/mol. The third kappa shape index (κ3) is 1.97. The lowest BCUT2D eigenvalue weighted by atomic mass is 10.4. The Morgan fingerprint density at radius 3 is 3.10 bits per heavy atom. The molecule has 0 N–H and O–H groups in total. The van der Waals surface area contributed by atoms with Gasteiger partial charge in [0.1, 0.15) is 11.4 Å². The summed E-state index contributed by atoms with van der Waals surface area (Å²) in [6.07, 6.45) is 3.59. The molecule has 0 saturated carbocycles. The van der Waals surface area contributed by atoms with Crippen molar-refractivity contribution in [1.29, 1.82) is 0 Å². The summed E-state index contributed by atoms with van der Waals surface area (Å²) in [4.78, 5) is 4.33. The van der Waals surface area contributed by atoms with Crippen LogP contribution in [0.1, 0.15) is 5.69 Å². The van der Waals surface area contributed by atoms with Crippen LogP contribution in [0.3, 0.4) is 0 Å². The van der Waals surface area contributed by atoms with Gasteiger partial charge in [-0.25, -0.2) is 0 Å². The van der Waals surface area contributed by atoms with Crippen molar-refractivity contribution in [1.82, 2.24) is 19.6 Å². The molecule has 4 aromatic rings. The molecule has 0 saturated heterocycles. The summed E-state index contributed by atoms with van der Waals surface area (Å²) in [6.45, 7) is 0. The second-order valence-electron chi connectivity index (χ2n) is 4.32. The number of nitrogens with zero attached hydrogens (tertiary/aromatic N) is 4. The third-order valence-corrected chi connectivity index (χ3v) is 4.94. The minimum absolute atomic E-state index is 0.800. The second kappa shape index (κ2) is 4.88. The Balaban J connectivity index is 1.72. The summed E-state index contributed by atoms with van der Waals surface area (Å²) in [5.41, 5.74) is 3.36. The van der Waals surface area contributed by atoms with Crippen LogP contribution in [0.15, 0.2) is 53.3 Å². The third-order valence-electron chi connectivity index (χ3n) is 3.08. The Hall–Kier alpha value is -1.92. The van der Waals surface area contributed by atoms with E-state index in [9.17, 15) is 0 Å². The number of hydrogen-bond acceptors (Lipinski definition) is 5. The highest BCUT2D eigenvalue weighted by Gasteiger charge is 2.10. The first-order valence-electron chi connectivity index (χ1n) is 6.14. The number of aromatic nitrogens is 4. The van der Waals surface area contributed by atoms with Crippen LogP contribution in [-0.2, 0) is 5.75 Å². The SMILES string of the molecule is c1ccc(CSc2nncn3c2cc2sccc23)nc1. The normalized spacial score (nSPS) is 11.4. The molecular formula is C14H10N4S2. The molecule has 0 amide bonds. The maximum Gasteiger partial charge on any atom is 0.143 e. The van der Waals surface area contributed by atoms with Gasteiger partial charge in [0.2, 0.25) is 0 Å². The molecule has 0 aliphatic heterocycles. The number of fused-ring (bicyclic) bond motifs is 3.